The molecule has 0 heterocycles. The van der Waals surface area contributed by atoms with Crippen LogP contribution in [-0.2, 0) is 5.67 Å². The first-order valence-corrected chi connectivity index (χ1v) is 6.51. The molecule has 0 fully saturated rings. The lowest BCUT2D eigenvalue weighted by Crippen LogP contribution is -2.50. The van der Waals surface area contributed by atoms with Gasteiger partial charge in [-0.15, -0.1) is 13.2 Å². The highest BCUT2D eigenvalue weighted by Crippen LogP contribution is 2.54. The Morgan fingerprint density at radius 1 is 0.923 bits per heavy atom. The normalized spacial score (nSPS) is 14.5. The van der Waals surface area contributed by atoms with E-state index in [1.165, 1.54) is 0 Å². The van der Waals surface area contributed by atoms with Gasteiger partial charge in [-0.25, -0.2) is 4.39 Å². The minimum atomic E-state index is -6.61. The van der Waals surface area contributed by atoms with Crippen LogP contribution in [0.5, 0.6) is 5.75 Å². The van der Waals surface area contributed by atoms with Gasteiger partial charge in [0, 0.05) is 5.56 Å². The second-order valence-electron chi connectivity index (χ2n) is 4.42. The third kappa shape index (κ3) is 4.19. The van der Waals surface area contributed by atoms with Crippen LogP contribution in [0, 0.1) is 0 Å². The SMILES string of the molecule is ON=C(Cl)c1c(Cl)cc(C(F)(C(F)(F)F)C(F)(F)F)cc1OC(F)(F)F. The fourth-order valence-corrected chi connectivity index (χ4v) is 2.27. The van der Waals surface area contributed by atoms with Gasteiger partial charge in [-0.3, -0.25) is 0 Å². The highest BCUT2D eigenvalue weighted by molar-refractivity contribution is 6.70. The maximum Gasteiger partial charge on any atom is 0.573 e. The highest BCUT2D eigenvalue weighted by atomic mass is 35.5. The van der Waals surface area contributed by atoms with Crippen molar-refractivity contribution in [3.63, 3.8) is 0 Å². The summed E-state index contributed by atoms with van der Waals surface area (Å²) in [6, 6.07) is -0.822. The Balaban J connectivity index is 3.85. The van der Waals surface area contributed by atoms with Crippen molar-refractivity contribution in [2.75, 3.05) is 0 Å². The number of benzene rings is 1. The van der Waals surface area contributed by atoms with Crippen LogP contribution in [0.1, 0.15) is 11.1 Å². The van der Waals surface area contributed by atoms with Crippen LogP contribution in [-0.4, -0.2) is 29.1 Å². The second kappa shape index (κ2) is 6.83. The first-order valence-electron chi connectivity index (χ1n) is 5.75. The van der Waals surface area contributed by atoms with Gasteiger partial charge in [-0.2, -0.15) is 26.3 Å². The Morgan fingerprint density at radius 2 is 1.38 bits per heavy atom. The van der Waals surface area contributed by atoms with Crippen LogP contribution < -0.4 is 4.74 Å². The predicted molar refractivity (Wildman–Crippen MR) is 67.2 cm³/mol. The topological polar surface area (TPSA) is 41.8 Å². The first-order chi connectivity index (χ1) is 11.5. The molecule has 0 aromatic heterocycles. The lowest BCUT2D eigenvalue weighted by Gasteiger charge is -2.31. The smallest absolute Gasteiger partial charge is 0.410 e. The van der Waals surface area contributed by atoms with Crippen LogP contribution in [0.2, 0.25) is 5.02 Å². The molecule has 0 aliphatic carbocycles. The zero-order valence-electron chi connectivity index (χ0n) is 11.5. The number of hydrogen-bond acceptors (Lipinski definition) is 3. The summed E-state index contributed by atoms with van der Waals surface area (Å²) in [6.45, 7) is 0. The maximum atomic E-state index is 14.0. The molecule has 1 aromatic rings. The standard InChI is InChI=1S/C11H3Cl2F10NO2/c12-4-1-3(8(14,9(15,16)17)10(18,19)20)2-5(26-11(21,22)23)6(4)7(13)24-25/h1-2,25H. The summed E-state index contributed by atoms with van der Waals surface area (Å²) < 4.78 is 131. The summed E-state index contributed by atoms with van der Waals surface area (Å²) in [5.74, 6) is -1.85. The number of halogens is 12. The molecular formula is C11H3Cl2F10NO2. The molecule has 0 amide bonds. The van der Waals surface area contributed by atoms with Crippen LogP contribution in [0.4, 0.5) is 43.9 Å². The Morgan fingerprint density at radius 3 is 1.73 bits per heavy atom. The third-order valence-corrected chi connectivity index (χ3v) is 3.32. The number of alkyl halides is 10. The highest BCUT2D eigenvalue weighted by Gasteiger charge is 2.73. The van der Waals surface area contributed by atoms with E-state index >= 15 is 0 Å². The van der Waals surface area contributed by atoms with Crippen LogP contribution in [0.3, 0.4) is 0 Å². The lowest BCUT2D eigenvalue weighted by molar-refractivity contribution is -0.348. The molecule has 148 valence electrons. The van der Waals surface area contributed by atoms with Crippen LogP contribution in [0.25, 0.3) is 0 Å². The lowest BCUT2D eigenvalue weighted by atomic mass is 9.93. The monoisotopic (exact) mass is 441 g/mol. The van der Waals surface area contributed by atoms with Gasteiger partial charge < -0.3 is 9.94 Å². The summed E-state index contributed by atoms with van der Waals surface area (Å²) in [4.78, 5) is 0. The summed E-state index contributed by atoms with van der Waals surface area (Å²) in [6.07, 6.45) is -18.9. The molecule has 3 nitrogen and oxygen atoms in total. The van der Waals surface area contributed by atoms with Gasteiger partial charge in [0.25, 0.3) is 0 Å². The van der Waals surface area contributed by atoms with E-state index in [1.54, 1.807) is 0 Å². The molecule has 0 unspecified atom stereocenters. The van der Waals surface area contributed by atoms with E-state index in [0.29, 0.717) is 0 Å². The zero-order chi connectivity index (χ0) is 20.7. The fourth-order valence-electron chi connectivity index (χ4n) is 1.72. The van der Waals surface area contributed by atoms with E-state index in [0.717, 1.165) is 0 Å². The number of rotatable bonds is 3. The van der Waals surface area contributed by atoms with Crippen molar-refractivity contribution in [2.45, 2.75) is 24.4 Å². The molecule has 0 saturated heterocycles. The van der Waals surface area contributed by atoms with Gasteiger partial charge in [-0.1, -0.05) is 28.4 Å². The van der Waals surface area contributed by atoms with Crippen molar-refractivity contribution < 1.29 is 53.8 Å². The first kappa shape index (κ1) is 22.4. The second-order valence-corrected chi connectivity index (χ2v) is 5.19. The maximum absolute atomic E-state index is 14.0. The number of hydrogen-bond donors (Lipinski definition) is 1. The molecule has 0 radical (unpaired) electrons. The average Bonchev–Trinajstić information content (AvgIpc) is 2.40. The minimum absolute atomic E-state index is 0.269. The molecule has 1 rings (SSSR count). The molecule has 0 spiro atoms. The molecule has 0 saturated carbocycles. The van der Waals surface area contributed by atoms with E-state index in [9.17, 15) is 43.9 Å². The van der Waals surface area contributed by atoms with Gasteiger partial charge in [0.1, 0.15) is 5.75 Å². The average molecular weight is 442 g/mol. The minimum Gasteiger partial charge on any atom is -0.410 e. The van der Waals surface area contributed by atoms with Crippen molar-refractivity contribution in [1.29, 1.82) is 0 Å². The predicted octanol–water partition coefficient (Wildman–Crippen LogP) is 5.90. The molecule has 26 heavy (non-hydrogen) atoms. The van der Waals surface area contributed by atoms with Gasteiger partial charge in [-0.05, 0) is 12.1 Å². The Hall–Kier alpha value is -1.63. The summed E-state index contributed by atoms with van der Waals surface area (Å²) >= 11 is 10.5. The largest absolute Gasteiger partial charge is 0.573 e. The quantitative estimate of drug-likeness (QED) is 0.274. The van der Waals surface area contributed by atoms with Crippen LogP contribution >= 0.6 is 23.2 Å². The Kier molecular flexibility index (Phi) is 5.89. The van der Waals surface area contributed by atoms with Gasteiger partial charge in [0.15, 0.2) is 5.17 Å². The zero-order valence-corrected chi connectivity index (χ0v) is 13.0. The van der Waals surface area contributed by atoms with Crippen molar-refractivity contribution in [2.24, 2.45) is 5.16 Å². The number of ether oxygens (including phenoxy) is 1. The van der Waals surface area contributed by atoms with Gasteiger partial charge >= 0.3 is 24.4 Å². The molecule has 1 N–H and O–H groups in total. The van der Waals surface area contributed by atoms with E-state index in [-0.39, 0.29) is 6.07 Å². The van der Waals surface area contributed by atoms with Crippen molar-refractivity contribution >= 4 is 28.4 Å². The van der Waals surface area contributed by atoms with E-state index in [4.69, 9.17) is 28.4 Å². The van der Waals surface area contributed by atoms with E-state index < -0.39 is 57.5 Å². The Bertz CT molecular complexity index is 697. The number of oxime groups is 1. The van der Waals surface area contributed by atoms with Crippen molar-refractivity contribution in [1.82, 2.24) is 0 Å². The van der Waals surface area contributed by atoms with Gasteiger partial charge in [0.05, 0.1) is 10.6 Å². The molecule has 0 aliphatic heterocycles. The molecule has 15 heteroatoms. The van der Waals surface area contributed by atoms with E-state index in [1.807, 2.05) is 0 Å². The molecular weight excluding hydrogens is 439 g/mol. The summed E-state index contributed by atoms with van der Waals surface area (Å²) in [5.41, 5.74) is -9.65. The fraction of sp³-hybridized carbons (Fsp3) is 0.364. The molecule has 0 atom stereocenters. The Labute approximate surface area is 146 Å². The summed E-state index contributed by atoms with van der Waals surface area (Å²) in [7, 11) is 0. The summed E-state index contributed by atoms with van der Waals surface area (Å²) in [5, 5.41) is 8.05. The van der Waals surface area contributed by atoms with Gasteiger partial charge in [0.2, 0.25) is 0 Å². The van der Waals surface area contributed by atoms with Crippen molar-refractivity contribution in [3.8, 4) is 5.75 Å². The third-order valence-electron chi connectivity index (χ3n) is 2.75. The molecule has 0 bridgehead atoms. The number of nitrogens with zero attached hydrogens (tertiary/aromatic N) is 1. The van der Waals surface area contributed by atoms with Crippen LogP contribution in [0.15, 0.2) is 17.3 Å². The molecule has 1 aromatic carbocycles. The molecule has 0 aliphatic rings. The van der Waals surface area contributed by atoms with E-state index in [2.05, 4.69) is 9.89 Å². The van der Waals surface area contributed by atoms with Crippen molar-refractivity contribution in [3.05, 3.63) is 28.3 Å².